The van der Waals surface area contributed by atoms with E-state index >= 15 is 0 Å². The summed E-state index contributed by atoms with van der Waals surface area (Å²) in [7, 11) is 0. The van der Waals surface area contributed by atoms with Crippen molar-refractivity contribution >= 4 is 0 Å². The molecule has 0 aliphatic heterocycles. The predicted molar refractivity (Wildman–Crippen MR) is 30.9 cm³/mol. The maximum atomic E-state index is 12.1. The molecule has 0 saturated carbocycles. The minimum Gasteiger partial charge on any atom is -0.209 e. The molecule has 0 fully saturated rings. The van der Waals surface area contributed by atoms with Crippen molar-refractivity contribution in [1.29, 1.82) is 0 Å². The van der Waals surface area contributed by atoms with Gasteiger partial charge in [-0.2, -0.15) is 24.6 Å². The maximum absolute atomic E-state index is 12.1. The summed E-state index contributed by atoms with van der Waals surface area (Å²) in [6, 6.07) is 6.05. The Morgan fingerprint density at radius 2 is 1.62 bits per heavy atom. The highest BCUT2D eigenvalue weighted by atomic mass is 19.1. The van der Waals surface area contributed by atoms with Crippen molar-refractivity contribution in [2.45, 2.75) is 0 Å². The Labute approximate surface area is 48.0 Å². The van der Waals surface area contributed by atoms with Gasteiger partial charge in [-0.1, -0.05) is 12.1 Å². The van der Waals surface area contributed by atoms with Crippen LogP contribution in [0.4, 0.5) is 4.39 Å². The molecule has 0 bridgehead atoms. The summed E-state index contributed by atoms with van der Waals surface area (Å²) in [6.07, 6.45) is 0. The second-order valence-corrected chi connectivity index (χ2v) is 1.63. The van der Waals surface area contributed by atoms with Crippen LogP contribution in [0.2, 0.25) is 0 Å². The lowest BCUT2D eigenvalue weighted by atomic mass is 10.2. The van der Waals surface area contributed by atoms with Crippen LogP contribution in [0.15, 0.2) is 24.3 Å². The number of hydrogen-bond acceptors (Lipinski definition) is 0. The Morgan fingerprint density at radius 3 is 2.00 bits per heavy atom. The van der Waals surface area contributed by atoms with E-state index in [0.717, 1.165) is 5.56 Å². The standard InChI is InChI=1S/C7H6F/c1-6-2-4-7(8)5-3-6/h2-5H,1H2/q-1. The molecule has 0 atom stereocenters. The molecule has 8 heavy (non-hydrogen) atoms. The van der Waals surface area contributed by atoms with E-state index in [1.807, 2.05) is 0 Å². The Hall–Kier alpha value is -0.980. The van der Waals surface area contributed by atoms with E-state index in [0.29, 0.717) is 0 Å². The highest BCUT2D eigenvalue weighted by Gasteiger charge is 1.76. The van der Waals surface area contributed by atoms with Crippen molar-refractivity contribution in [2.24, 2.45) is 0 Å². The number of hydrogen-bond donors (Lipinski definition) is 0. The van der Waals surface area contributed by atoms with Crippen LogP contribution in [0, 0.1) is 12.7 Å². The molecule has 0 N–H and O–H groups in total. The quantitative estimate of drug-likeness (QED) is 0.447. The fourth-order valence-electron chi connectivity index (χ4n) is 0.484. The molecule has 0 radical (unpaired) electrons. The van der Waals surface area contributed by atoms with Gasteiger partial charge in [0.15, 0.2) is 0 Å². The number of benzene rings is 1. The van der Waals surface area contributed by atoms with E-state index in [1.165, 1.54) is 12.1 Å². The van der Waals surface area contributed by atoms with Crippen LogP contribution in [0.5, 0.6) is 0 Å². The molecule has 42 valence electrons. The molecule has 1 heteroatoms. The average molecular weight is 109 g/mol. The summed E-state index contributed by atoms with van der Waals surface area (Å²) in [4.78, 5) is 0. The maximum Gasteiger partial charge on any atom is 0.0987 e. The first-order chi connectivity index (χ1) is 3.79. The third-order valence-electron chi connectivity index (χ3n) is 0.913. The van der Waals surface area contributed by atoms with Gasteiger partial charge in [-0.25, -0.2) is 4.39 Å². The summed E-state index contributed by atoms with van der Waals surface area (Å²) in [5.74, 6) is -0.211. The average Bonchev–Trinajstić information content (AvgIpc) is 1.77. The van der Waals surface area contributed by atoms with E-state index in [9.17, 15) is 4.39 Å². The van der Waals surface area contributed by atoms with Gasteiger partial charge in [-0.15, -0.1) is 0 Å². The molecule has 0 amide bonds. The monoisotopic (exact) mass is 109 g/mol. The van der Waals surface area contributed by atoms with Crippen molar-refractivity contribution in [2.75, 3.05) is 0 Å². The van der Waals surface area contributed by atoms with Gasteiger partial charge in [0.1, 0.15) is 0 Å². The van der Waals surface area contributed by atoms with Crippen LogP contribution in [0.3, 0.4) is 0 Å². The molecule has 0 aromatic heterocycles. The van der Waals surface area contributed by atoms with Gasteiger partial charge in [-0.3, -0.25) is 0 Å². The molecule has 0 unspecified atom stereocenters. The Morgan fingerprint density at radius 1 is 1.12 bits per heavy atom. The van der Waals surface area contributed by atoms with Crippen LogP contribution < -0.4 is 0 Å². The fraction of sp³-hybridized carbons (Fsp3) is 0. The van der Waals surface area contributed by atoms with Crippen LogP contribution in [0.1, 0.15) is 5.56 Å². The van der Waals surface area contributed by atoms with Gasteiger partial charge >= 0.3 is 0 Å². The van der Waals surface area contributed by atoms with Crippen molar-refractivity contribution in [3.8, 4) is 0 Å². The molecule has 0 spiro atoms. The van der Waals surface area contributed by atoms with Gasteiger partial charge in [0.05, 0.1) is 5.82 Å². The van der Waals surface area contributed by atoms with Crippen molar-refractivity contribution in [1.82, 2.24) is 0 Å². The Bertz CT molecular complexity index is 143. The van der Waals surface area contributed by atoms with Crippen LogP contribution in [-0.2, 0) is 0 Å². The lowest BCUT2D eigenvalue weighted by molar-refractivity contribution is 0.627. The summed E-state index contributed by atoms with van der Waals surface area (Å²) in [6.45, 7) is 3.60. The molecule has 1 aromatic rings. The second-order valence-electron chi connectivity index (χ2n) is 1.63. The largest absolute Gasteiger partial charge is 0.209 e. The predicted octanol–water partition coefficient (Wildman–Crippen LogP) is 2.01. The lowest BCUT2D eigenvalue weighted by Gasteiger charge is -1.96. The first kappa shape index (κ1) is 5.16. The summed E-state index contributed by atoms with van der Waals surface area (Å²) >= 11 is 0. The van der Waals surface area contributed by atoms with Gasteiger partial charge in [0.25, 0.3) is 0 Å². The lowest BCUT2D eigenvalue weighted by Crippen LogP contribution is -1.71. The van der Waals surface area contributed by atoms with Crippen molar-refractivity contribution < 1.29 is 4.39 Å². The van der Waals surface area contributed by atoms with E-state index < -0.39 is 0 Å². The molecule has 1 rings (SSSR count). The third kappa shape index (κ3) is 0.997. The minimum absolute atomic E-state index is 0.211. The zero-order chi connectivity index (χ0) is 5.98. The second kappa shape index (κ2) is 1.86. The summed E-state index contributed by atoms with van der Waals surface area (Å²) in [5.41, 5.74) is 0.839. The first-order valence-electron chi connectivity index (χ1n) is 2.36. The molecular weight excluding hydrogens is 103 g/mol. The summed E-state index contributed by atoms with van der Waals surface area (Å²) < 4.78 is 12.1. The van der Waals surface area contributed by atoms with E-state index in [2.05, 4.69) is 6.92 Å². The third-order valence-corrected chi connectivity index (χ3v) is 0.913. The molecule has 0 saturated heterocycles. The normalized spacial score (nSPS) is 9.12. The van der Waals surface area contributed by atoms with Crippen LogP contribution >= 0.6 is 0 Å². The van der Waals surface area contributed by atoms with Gasteiger partial charge in [-0.05, 0) is 0 Å². The molecule has 0 aliphatic carbocycles. The van der Waals surface area contributed by atoms with E-state index in [-0.39, 0.29) is 5.82 Å². The smallest absolute Gasteiger partial charge is 0.0987 e. The Balaban J connectivity index is 3.03. The van der Waals surface area contributed by atoms with Crippen molar-refractivity contribution in [3.05, 3.63) is 42.6 Å². The topological polar surface area (TPSA) is 0 Å². The van der Waals surface area contributed by atoms with E-state index in [4.69, 9.17) is 0 Å². The Kier molecular flexibility index (Phi) is 1.20. The zero-order valence-corrected chi connectivity index (χ0v) is 4.39. The van der Waals surface area contributed by atoms with Gasteiger partial charge in [0.2, 0.25) is 0 Å². The first-order valence-corrected chi connectivity index (χ1v) is 2.36. The van der Waals surface area contributed by atoms with Gasteiger partial charge < -0.3 is 0 Å². The minimum atomic E-state index is -0.211. The highest BCUT2D eigenvalue weighted by Crippen LogP contribution is 1.98. The molecule has 0 aliphatic rings. The highest BCUT2D eigenvalue weighted by molar-refractivity contribution is 5.17. The van der Waals surface area contributed by atoms with Crippen molar-refractivity contribution in [3.63, 3.8) is 0 Å². The van der Waals surface area contributed by atoms with Crippen LogP contribution in [0.25, 0.3) is 0 Å². The molecular formula is C7H6F-. The number of rotatable bonds is 0. The zero-order valence-electron chi connectivity index (χ0n) is 4.39. The van der Waals surface area contributed by atoms with Crippen LogP contribution in [-0.4, -0.2) is 0 Å². The fourth-order valence-corrected chi connectivity index (χ4v) is 0.484. The van der Waals surface area contributed by atoms with Gasteiger partial charge in [0, 0.05) is 0 Å². The molecule has 1 aromatic carbocycles. The molecule has 0 heterocycles. The molecule has 0 nitrogen and oxygen atoms in total. The number of halogens is 1. The SMILES string of the molecule is [CH2-]c1ccc(F)cc1. The van der Waals surface area contributed by atoms with E-state index in [1.54, 1.807) is 12.1 Å². The summed E-state index contributed by atoms with van der Waals surface area (Å²) in [5, 5.41) is 0.